The molecular formula is C13H17NO3S. The molecule has 0 aromatic heterocycles. The molecule has 0 atom stereocenters. The Balaban J connectivity index is 3.18. The van der Waals surface area contributed by atoms with Gasteiger partial charge in [0.05, 0.1) is 10.9 Å². The predicted octanol–water partition coefficient (Wildman–Crippen LogP) is 1.49. The maximum Gasteiger partial charge on any atom is 0.235 e. The average molecular weight is 267 g/mol. The van der Waals surface area contributed by atoms with E-state index in [1.54, 1.807) is 26.0 Å². The lowest BCUT2D eigenvalue weighted by atomic mass is 10.1. The van der Waals surface area contributed by atoms with Crippen molar-refractivity contribution in [2.45, 2.75) is 26.0 Å². The van der Waals surface area contributed by atoms with Crippen LogP contribution in [-0.4, -0.2) is 25.4 Å². The molecule has 0 bridgehead atoms. The van der Waals surface area contributed by atoms with Crippen LogP contribution < -0.4 is 4.72 Å². The van der Waals surface area contributed by atoms with E-state index < -0.39 is 15.3 Å². The van der Waals surface area contributed by atoms with Crippen molar-refractivity contribution >= 4 is 15.7 Å². The van der Waals surface area contributed by atoms with Gasteiger partial charge in [-0.15, -0.1) is 0 Å². The lowest BCUT2D eigenvalue weighted by molar-refractivity contribution is 0.350. The molecule has 0 fully saturated rings. The first-order valence-corrected chi connectivity index (χ1v) is 7.13. The second-order valence-corrected chi connectivity index (χ2v) is 6.44. The highest BCUT2D eigenvalue weighted by Gasteiger charge is 2.16. The Morgan fingerprint density at radius 3 is 2.61 bits per heavy atom. The normalized spacial score (nSPS) is 10.9. The van der Waals surface area contributed by atoms with Gasteiger partial charge in [-0.2, -0.15) is 0 Å². The zero-order valence-corrected chi connectivity index (χ0v) is 11.5. The van der Waals surface area contributed by atoms with Crippen LogP contribution >= 0.6 is 0 Å². The Kier molecular flexibility index (Phi) is 4.76. The van der Waals surface area contributed by atoms with E-state index in [1.807, 2.05) is 13.0 Å². The van der Waals surface area contributed by atoms with Gasteiger partial charge in [0.2, 0.25) is 10.0 Å². The molecule has 0 saturated carbocycles. The highest BCUT2D eigenvalue weighted by molar-refractivity contribution is 7.93. The zero-order chi connectivity index (χ0) is 13.8. The summed E-state index contributed by atoms with van der Waals surface area (Å²) in [6.07, 6.45) is 0. The van der Waals surface area contributed by atoms with Gasteiger partial charge in [0, 0.05) is 5.56 Å². The molecule has 1 aromatic carbocycles. The number of sulfonamides is 1. The largest absolute Gasteiger partial charge is 0.384 e. The minimum absolute atomic E-state index is 0.260. The fourth-order valence-electron chi connectivity index (χ4n) is 1.26. The van der Waals surface area contributed by atoms with E-state index in [4.69, 9.17) is 5.11 Å². The van der Waals surface area contributed by atoms with Gasteiger partial charge in [-0.05, 0) is 38.5 Å². The van der Waals surface area contributed by atoms with Gasteiger partial charge >= 0.3 is 0 Å². The van der Waals surface area contributed by atoms with E-state index in [1.165, 1.54) is 0 Å². The molecule has 0 radical (unpaired) electrons. The summed E-state index contributed by atoms with van der Waals surface area (Å²) >= 11 is 0. The van der Waals surface area contributed by atoms with E-state index in [-0.39, 0.29) is 6.61 Å². The van der Waals surface area contributed by atoms with Crippen LogP contribution in [0.5, 0.6) is 0 Å². The molecule has 18 heavy (non-hydrogen) atoms. The van der Waals surface area contributed by atoms with Crippen LogP contribution in [0.3, 0.4) is 0 Å². The van der Waals surface area contributed by atoms with Crippen LogP contribution in [0.4, 0.5) is 5.69 Å². The smallest absolute Gasteiger partial charge is 0.235 e. The molecule has 2 N–H and O–H groups in total. The summed E-state index contributed by atoms with van der Waals surface area (Å²) in [6, 6.07) is 5.30. The molecule has 1 rings (SSSR count). The average Bonchev–Trinajstić information content (AvgIpc) is 2.27. The van der Waals surface area contributed by atoms with Gasteiger partial charge in [-0.25, -0.2) is 8.42 Å². The molecule has 0 amide bonds. The monoisotopic (exact) mass is 267 g/mol. The standard InChI is InChI=1S/C13H17NO3S/c1-10(2)18(16,17)14-13-9-11(3)6-7-12(13)5-4-8-15/h6-7,9-10,14-15H,8H2,1-3H3. The van der Waals surface area contributed by atoms with Crippen molar-refractivity contribution in [2.24, 2.45) is 0 Å². The van der Waals surface area contributed by atoms with Crippen molar-refractivity contribution in [3.05, 3.63) is 29.3 Å². The number of aryl methyl sites for hydroxylation is 1. The van der Waals surface area contributed by atoms with Crippen molar-refractivity contribution in [2.75, 3.05) is 11.3 Å². The second kappa shape index (κ2) is 5.89. The Morgan fingerprint density at radius 2 is 2.06 bits per heavy atom. The first kappa shape index (κ1) is 14.6. The summed E-state index contributed by atoms with van der Waals surface area (Å²) in [5.74, 6) is 5.23. The van der Waals surface area contributed by atoms with Crippen molar-refractivity contribution < 1.29 is 13.5 Å². The Hall–Kier alpha value is -1.51. The van der Waals surface area contributed by atoms with E-state index in [0.717, 1.165) is 5.56 Å². The maximum absolute atomic E-state index is 11.8. The molecule has 98 valence electrons. The van der Waals surface area contributed by atoms with Gasteiger partial charge < -0.3 is 5.11 Å². The van der Waals surface area contributed by atoms with E-state index in [2.05, 4.69) is 16.6 Å². The summed E-state index contributed by atoms with van der Waals surface area (Å²) < 4.78 is 26.2. The summed E-state index contributed by atoms with van der Waals surface area (Å²) in [5.41, 5.74) is 1.94. The van der Waals surface area contributed by atoms with Crippen molar-refractivity contribution in [1.82, 2.24) is 0 Å². The fourth-order valence-corrected chi connectivity index (χ4v) is 1.97. The number of hydrogen-bond donors (Lipinski definition) is 2. The quantitative estimate of drug-likeness (QED) is 0.815. The lowest BCUT2D eigenvalue weighted by Gasteiger charge is -2.12. The third-order valence-electron chi connectivity index (χ3n) is 2.35. The molecule has 0 aliphatic carbocycles. The topological polar surface area (TPSA) is 66.4 Å². The Labute approximate surface area is 108 Å². The summed E-state index contributed by atoms with van der Waals surface area (Å²) in [6.45, 7) is 4.83. The highest BCUT2D eigenvalue weighted by atomic mass is 32.2. The minimum atomic E-state index is -3.40. The molecule has 0 unspecified atom stereocenters. The van der Waals surface area contributed by atoms with Crippen LogP contribution in [0.1, 0.15) is 25.0 Å². The summed E-state index contributed by atoms with van der Waals surface area (Å²) in [4.78, 5) is 0. The number of anilines is 1. The van der Waals surface area contributed by atoms with Gasteiger partial charge in [0.25, 0.3) is 0 Å². The van der Waals surface area contributed by atoms with E-state index in [0.29, 0.717) is 11.3 Å². The molecule has 0 spiro atoms. The molecule has 4 nitrogen and oxygen atoms in total. The molecule has 0 heterocycles. The Morgan fingerprint density at radius 1 is 1.39 bits per heavy atom. The number of aliphatic hydroxyl groups excluding tert-OH is 1. The number of hydrogen-bond acceptors (Lipinski definition) is 3. The minimum Gasteiger partial charge on any atom is -0.384 e. The summed E-state index contributed by atoms with van der Waals surface area (Å²) in [7, 11) is -3.40. The number of benzene rings is 1. The van der Waals surface area contributed by atoms with Crippen LogP contribution in [0, 0.1) is 18.8 Å². The third-order valence-corrected chi connectivity index (χ3v) is 4.10. The third kappa shape index (κ3) is 3.76. The van der Waals surface area contributed by atoms with Crippen molar-refractivity contribution in [3.8, 4) is 11.8 Å². The number of nitrogens with one attached hydrogen (secondary N) is 1. The van der Waals surface area contributed by atoms with Gasteiger partial charge in [0.15, 0.2) is 0 Å². The second-order valence-electron chi connectivity index (χ2n) is 4.20. The van der Waals surface area contributed by atoms with Crippen LogP contribution in [0.25, 0.3) is 0 Å². The first-order chi connectivity index (χ1) is 8.36. The molecular weight excluding hydrogens is 250 g/mol. The van der Waals surface area contributed by atoms with Gasteiger partial charge in [-0.3, -0.25) is 4.72 Å². The van der Waals surface area contributed by atoms with Crippen molar-refractivity contribution in [1.29, 1.82) is 0 Å². The number of aliphatic hydroxyl groups is 1. The molecule has 1 aromatic rings. The summed E-state index contributed by atoms with van der Waals surface area (Å²) in [5, 5.41) is 8.16. The van der Waals surface area contributed by atoms with Crippen LogP contribution in [0.2, 0.25) is 0 Å². The molecule has 0 aliphatic rings. The zero-order valence-electron chi connectivity index (χ0n) is 10.7. The van der Waals surface area contributed by atoms with Gasteiger partial charge in [-0.1, -0.05) is 17.9 Å². The van der Waals surface area contributed by atoms with E-state index in [9.17, 15) is 8.42 Å². The van der Waals surface area contributed by atoms with Crippen molar-refractivity contribution in [3.63, 3.8) is 0 Å². The molecule has 0 aliphatic heterocycles. The Bertz CT molecular complexity index is 580. The van der Waals surface area contributed by atoms with E-state index >= 15 is 0 Å². The van der Waals surface area contributed by atoms with Gasteiger partial charge in [0.1, 0.15) is 6.61 Å². The SMILES string of the molecule is Cc1ccc(C#CCO)c(NS(=O)(=O)C(C)C)c1. The van der Waals surface area contributed by atoms with Crippen LogP contribution in [0.15, 0.2) is 18.2 Å². The number of rotatable bonds is 3. The predicted molar refractivity (Wildman–Crippen MR) is 72.8 cm³/mol. The lowest BCUT2D eigenvalue weighted by Crippen LogP contribution is -2.23. The first-order valence-electron chi connectivity index (χ1n) is 5.59. The molecule has 0 saturated heterocycles. The maximum atomic E-state index is 11.8. The fraction of sp³-hybridized carbons (Fsp3) is 0.385. The highest BCUT2D eigenvalue weighted by Crippen LogP contribution is 2.19. The van der Waals surface area contributed by atoms with Crippen LogP contribution in [-0.2, 0) is 10.0 Å². The molecule has 5 heteroatoms.